The van der Waals surface area contributed by atoms with Crippen molar-refractivity contribution in [2.24, 2.45) is 0 Å². The molecule has 0 radical (unpaired) electrons. The van der Waals surface area contributed by atoms with E-state index in [2.05, 4.69) is 0 Å². The first-order valence-electron chi connectivity index (χ1n) is 5.78. The number of hydrogen-bond donors (Lipinski definition) is 0. The van der Waals surface area contributed by atoms with Gasteiger partial charge in [-0.25, -0.2) is 8.42 Å². The zero-order valence-corrected chi connectivity index (χ0v) is 9.86. The second kappa shape index (κ2) is 3.57. The number of benzene rings is 1. The topological polar surface area (TPSA) is 37.4 Å². The molecule has 0 amide bonds. The van der Waals surface area contributed by atoms with Gasteiger partial charge in [-0.1, -0.05) is 18.2 Å². The van der Waals surface area contributed by atoms with Crippen molar-refractivity contribution >= 4 is 10.0 Å². The van der Waals surface area contributed by atoms with Crippen LogP contribution in [0.5, 0.6) is 0 Å². The van der Waals surface area contributed by atoms with Gasteiger partial charge < -0.3 is 0 Å². The third-order valence-electron chi connectivity index (χ3n) is 3.13. The molecular formula is C12H15NO2S. The first-order valence-corrected chi connectivity index (χ1v) is 7.22. The lowest BCUT2D eigenvalue weighted by molar-refractivity contribution is 0.396. The maximum absolute atomic E-state index is 12.4. The molecular weight excluding hydrogens is 222 g/mol. The maximum atomic E-state index is 12.4. The highest BCUT2D eigenvalue weighted by atomic mass is 32.2. The van der Waals surface area contributed by atoms with Crippen LogP contribution < -0.4 is 0 Å². The Balaban J connectivity index is 1.97. The summed E-state index contributed by atoms with van der Waals surface area (Å²) in [6.07, 6.45) is 4.12. The minimum atomic E-state index is -3.24. The van der Waals surface area contributed by atoms with Crippen LogP contribution in [0.1, 0.15) is 25.7 Å². The van der Waals surface area contributed by atoms with Gasteiger partial charge in [0.1, 0.15) is 0 Å². The number of sulfonamides is 1. The lowest BCUT2D eigenvalue weighted by Gasteiger charge is -2.21. The number of hydrogen-bond acceptors (Lipinski definition) is 2. The Morgan fingerprint density at radius 2 is 1.44 bits per heavy atom. The molecule has 16 heavy (non-hydrogen) atoms. The molecule has 3 nitrogen and oxygen atoms in total. The Kier molecular flexibility index (Phi) is 2.30. The third-order valence-corrected chi connectivity index (χ3v) is 5.15. The second-order valence-electron chi connectivity index (χ2n) is 4.61. The quantitative estimate of drug-likeness (QED) is 0.803. The van der Waals surface area contributed by atoms with Gasteiger partial charge in [-0.2, -0.15) is 4.31 Å². The van der Waals surface area contributed by atoms with Gasteiger partial charge in [0.25, 0.3) is 0 Å². The van der Waals surface area contributed by atoms with Crippen LogP contribution in [0.25, 0.3) is 0 Å². The first kappa shape index (κ1) is 10.3. The minimum Gasteiger partial charge on any atom is -0.207 e. The van der Waals surface area contributed by atoms with Crippen LogP contribution >= 0.6 is 0 Å². The van der Waals surface area contributed by atoms with Gasteiger partial charge in [-0.3, -0.25) is 0 Å². The fourth-order valence-corrected chi connectivity index (χ4v) is 4.01. The molecule has 0 N–H and O–H groups in total. The van der Waals surface area contributed by atoms with E-state index >= 15 is 0 Å². The van der Waals surface area contributed by atoms with Gasteiger partial charge in [-0.05, 0) is 37.8 Å². The monoisotopic (exact) mass is 237 g/mol. The average molecular weight is 237 g/mol. The molecule has 0 spiro atoms. The highest BCUT2D eigenvalue weighted by molar-refractivity contribution is 7.89. The van der Waals surface area contributed by atoms with Crippen LogP contribution in [0.15, 0.2) is 35.2 Å². The van der Waals surface area contributed by atoms with Crippen molar-refractivity contribution in [2.75, 3.05) is 0 Å². The highest BCUT2D eigenvalue weighted by Crippen LogP contribution is 2.41. The van der Waals surface area contributed by atoms with E-state index in [0.29, 0.717) is 4.90 Å². The molecule has 2 saturated carbocycles. The zero-order chi connectivity index (χ0) is 11.2. The highest BCUT2D eigenvalue weighted by Gasteiger charge is 2.46. The average Bonchev–Trinajstić information content (AvgIpc) is 3.12. The largest absolute Gasteiger partial charge is 0.243 e. The van der Waals surface area contributed by atoms with Crippen molar-refractivity contribution < 1.29 is 8.42 Å². The van der Waals surface area contributed by atoms with Crippen LogP contribution in [0, 0.1) is 0 Å². The number of nitrogens with zero attached hydrogens (tertiary/aromatic N) is 1. The van der Waals surface area contributed by atoms with Crippen molar-refractivity contribution in [1.29, 1.82) is 0 Å². The van der Waals surface area contributed by atoms with E-state index in [-0.39, 0.29) is 12.1 Å². The molecule has 4 heteroatoms. The molecule has 0 aliphatic heterocycles. The predicted octanol–water partition coefficient (Wildman–Crippen LogP) is 2.00. The third kappa shape index (κ3) is 1.76. The molecule has 0 saturated heterocycles. The SMILES string of the molecule is O=S(=O)(c1ccccc1)N(C1CC1)C1CC1. The van der Waals surface area contributed by atoms with Crippen LogP contribution in [-0.2, 0) is 10.0 Å². The summed E-state index contributed by atoms with van der Waals surface area (Å²) in [5, 5.41) is 0. The summed E-state index contributed by atoms with van der Waals surface area (Å²) in [5.74, 6) is 0. The fourth-order valence-electron chi connectivity index (χ4n) is 2.06. The summed E-state index contributed by atoms with van der Waals surface area (Å²) in [6, 6.07) is 9.34. The van der Waals surface area contributed by atoms with Crippen LogP contribution in [0.3, 0.4) is 0 Å². The van der Waals surface area contributed by atoms with Gasteiger partial charge in [-0.15, -0.1) is 0 Å². The summed E-state index contributed by atoms with van der Waals surface area (Å²) >= 11 is 0. The Morgan fingerprint density at radius 3 is 1.88 bits per heavy atom. The molecule has 2 aliphatic rings. The van der Waals surface area contributed by atoms with Gasteiger partial charge in [0.15, 0.2) is 0 Å². The molecule has 0 unspecified atom stereocenters. The predicted molar refractivity (Wildman–Crippen MR) is 61.5 cm³/mol. The van der Waals surface area contributed by atoms with Crippen molar-refractivity contribution in [2.45, 2.75) is 42.7 Å². The molecule has 1 aromatic rings. The van der Waals surface area contributed by atoms with Crippen molar-refractivity contribution in [1.82, 2.24) is 4.31 Å². The van der Waals surface area contributed by atoms with Gasteiger partial charge >= 0.3 is 0 Å². The van der Waals surface area contributed by atoms with E-state index in [9.17, 15) is 8.42 Å². The molecule has 0 bridgehead atoms. The van der Waals surface area contributed by atoms with Gasteiger partial charge in [0, 0.05) is 12.1 Å². The zero-order valence-electron chi connectivity index (χ0n) is 9.04. The van der Waals surface area contributed by atoms with Crippen molar-refractivity contribution in [3.63, 3.8) is 0 Å². The molecule has 0 aromatic heterocycles. The van der Waals surface area contributed by atoms with E-state index in [4.69, 9.17) is 0 Å². The minimum absolute atomic E-state index is 0.276. The maximum Gasteiger partial charge on any atom is 0.243 e. The Labute approximate surface area is 96.1 Å². The Bertz CT molecular complexity index is 463. The van der Waals surface area contributed by atoms with Crippen molar-refractivity contribution in [3.8, 4) is 0 Å². The normalized spacial score (nSPS) is 21.3. The smallest absolute Gasteiger partial charge is 0.207 e. The van der Waals surface area contributed by atoms with Gasteiger partial charge in [0.2, 0.25) is 10.0 Å². The standard InChI is InChI=1S/C12H15NO2S/c14-16(15,12-4-2-1-3-5-12)13(10-6-7-10)11-8-9-11/h1-5,10-11H,6-9H2. The fraction of sp³-hybridized carbons (Fsp3) is 0.500. The molecule has 0 atom stereocenters. The van der Waals surface area contributed by atoms with E-state index in [0.717, 1.165) is 25.7 Å². The van der Waals surface area contributed by atoms with Crippen LogP contribution in [-0.4, -0.2) is 24.8 Å². The summed E-state index contributed by atoms with van der Waals surface area (Å²) in [6.45, 7) is 0. The van der Waals surface area contributed by atoms with E-state index < -0.39 is 10.0 Å². The lowest BCUT2D eigenvalue weighted by atomic mass is 10.4. The van der Waals surface area contributed by atoms with E-state index in [1.54, 1.807) is 28.6 Å². The molecule has 3 rings (SSSR count). The van der Waals surface area contributed by atoms with Crippen molar-refractivity contribution in [3.05, 3.63) is 30.3 Å². The Morgan fingerprint density at radius 1 is 0.938 bits per heavy atom. The van der Waals surface area contributed by atoms with Crippen LogP contribution in [0.4, 0.5) is 0 Å². The Hall–Kier alpha value is -0.870. The molecule has 1 aromatic carbocycles. The summed E-state index contributed by atoms with van der Waals surface area (Å²) in [5.41, 5.74) is 0. The van der Waals surface area contributed by atoms with E-state index in [1.807, 2.05) is 6.07 Å². The molecule has 2 aliphatic carbocycles. The molecule has 2 fully saturated rings. The van der Waals surface area contributed by atoms with E-state index in [1.165, 1.54) is 0 Å². The number of rotatable bonds is 4. The lowest BCUT2D eigenvalue weighted by Crippen LogP contribution is -2.35. The second-order valence-corrected chi connectivity index (χ2v) is 6.45. The molecule has 86 valence electrons. The summed E-state index contributed by atoms with van der Waals surface area (Å²) in [4.78, 5) is 0.439. The van der Waals surface area contributed by atoms with Crippen LogP contribution in [0.2, 0.25) is 0 Å². The summed E-state index contributed by atoms with van der Waals surface area (Å²) in [7, 11) is -3.24. The van der Waals surface area contributed by atoms with Gasteiger partial charge in [0.05, 0.1) is 4.90 Å². The summed E-state index contributed by atoms with van der Waals surface area (Å²) < 4.78 is 26.6. The molecule has 0 heterocycles. The first-order chi connectivity index (χ1) is 7.69.